The van der Waals surface area contributed by atoms with E-state index in [0.29, 0.717) is 10.9 Å². The van der Waals surface area contributed by atoms with Crippen LogP contribution in [-0.2, 0) is 10.2 Å². The lowest BCUT2D eigenvalue weighted by Gasteiger charge is -2.21. The highest BCUT2D eigenvalue weighted by Gasteiger charge is 2.31. The van der Waals surface area contributed by atoms with Gasteiger partial charge in [-0.1, -0.05) is 30.3 Å². The highest BCUT2D eigenvalue weighted by molar-refractivity contribution is 5.95. The largest absolute Gasteiger partial charge is 0.507 e. The van der Waals surface area contributed by atoms with E-state index in [1.54, 1.807) is 44.2 Å². The molecule has 2 N–H and O–H groups in total. The maximum absolute atomic E-state index is 11.3. The van der Waals surface area contributed by atoms with Crippen LogP contribution in [0.25, 0.3) is 10.8 Å². The molecule has 0 saturated carbocycles. The molecule has 2 aromatic carbocycles. The van der Waals surface area contributed by atoms with E-state index < -0.39 is 11.4 Å². The molecule has 88 valence electrons. The van der Waals surface area contributed by atoms with Crippen molar-refractivity contribution in [3.8, 4) is 5.75 Å². The van der Waals surface area contributed by atoms with Gasteiger partial charge in [0.05, 0.1) is 5.41 Å². The van der Waals surface area contributed by atoms with Gasteiger partial charge in [-0.3, -0.25) is 4.79 Å². The van der Waals surface area contributed by atoms with Crippen molar-refractivity contribution in [1.29, 1.82) is 0 Å². The Bertz CT molecular complexity index is 585. The summed E-state index contributed by atoms with van der Waals surface area (Å²) in [5.41, 5.74) is -0.272. The number of rotatable bonds is 2. The molecule has 0 amide bonds. The highest BCUT2D eigenvalue weighted by Crippen LogP contribution is 2.33. The van der Waals surface area contributed by atoms with Crippen molar-refractivity contribution in [2.45, 2.75) is 19.3 Å². The van der Waals surface area contributed by atoms with Crippen LogP contribution in [0.2, 0.25) is 0 Å². The lowest BCUT2D eigenvalue weighted by molar-refractivity contribution is -0.142. The van der Waals surface area contributed by atoms with Crippen molar-refractivity contribution in [2.75, 3.05) is 0 Å². The number of benzene rings is 2. The van der Waals surface area contributed by atoms with E-state index in [1.807, 2.05) is 6.07 Å². The van der Waals surface area contributed by atoms with Crippen LogP contribution >= 0.6 is 0 Å². The quantitative estimate of drug-likeness (QED) is 0.834. The van der Waals surface area contributed by atoms with E-state index in [1.165, 1.54) is 0 Å². The third kappa shape index (κ3) is 1.73. The molecule has 0 heterocycles. The second kappa shape index (κ2) is 3.77. The molecular weight excluding hydrogens is 216 g/mol. The summed E-state index contributed by atoms with van der Waals surface area (Å²) in [4.78, 5) is 11.3. The van der Waals surface area contributed by atoms with Crippen molar-refractivity contribution in [1.82, 2.24) is 0 Å². The van der Waals surface area contributed by atoms with E-state index >= 15 is 0 Å². The summed E-state index contributed by atoms with van der Waals surface area (Å²) < 4.78 is 0. The molecule has 17 heavy (non-hydrogen) atoms. The maximum Gasteiger partial charge on any atom is 0.313 e. The SMILES string of the molecule is CC(C)(C(=O)O)c1cccc2c(O)cccc12. The van der Waals surface area contributed by atoms with Gasteiger partial charge in [-0.2, -0.15) is 0 Å². The Morgan fingerprint density at radius 1 is 1.06 bits per heavy atom. The maximum atomic E-state index is 11.3. The summed E-state index contributed by atoms with van der Waals surface area (Å²) >= 11 is 0. The number of carboxylic acid groups (broad SMARTS) is 1. The average Bonchev–Trinajstić information content (AvgIpc) is 2.28. The molecule has 0 unspecified atom stereocenters. The number of carbonyl (C=O) groups is 1. The number of fused-ring (bicyclic) bond motifs is 1. The summed E-state index contributed by atoms with van der Waals surface area (Å²) in [6.45, 7) is 3.32. The minimum atomic E-state index is -0.979. The lowest BCUT2D eigenvalue weighted by atomic mass is 9.82. The highest BCUT2D eigenvalue weighted by atomic mass is 16.4. The molecule has 0 atom stereocenters. The Morgan fingerprint density at radius 2 is 1.65 bits per heavy atom. The fraction of sp³-hybridized carbons (Fsp3) is 0.214. The molecule has 0 saturated heterocycles. The Hall–Kier alpha value is -2.03. The first kappa shape index (κ1) is 11.5. The second-order valence-electron chi connectivity index (χ2n) is 4.61. The van der Waals surface area contributed by atoms with Crippen molar-refractivity contribution in [3.05, 3.63) is 42.0 Å². The van der Waals surface area contributed by atoms with Gasteiger partial charge in [0.1, 0.15) is 5.75 Å². The van der Waals surface area contributed by atoms with Gasteiger partial charge in [-0.15, -0.1) is 0 Å². The van der Waals surface area contributed by atoms with E-state index in [0.717, 1.165) is 5.39 Å². The van der Waals surface area contributed by atoms with Gasteiger partial charge >= 0.3 is 5.97 Å². The van der Waals surface area contributed by atoms with Crippen LogP contribution in [0, 0.1) is 0 Å². The van der Waals surface area contributed by atoms with Crippen molar-refractivity contribution >= 4 is 16.7 Å². The zero-order valence-electron chi connectivity index (χ0n) is 9.77. The van der Waals surface area contributed by atoms with Gasteiger partial charge in [0, 0.05) is 5.39 Å². The summed E-state index contributed by atoms with van der Waals surface area (Å²) in [5.74, 6) is -0.709. The molecule has 0 aromatic heterocycles. The van der Waals surface area contributed by atoms with Crippen LogP contribution in [0.5, 0.6) is 5.75 Å². The third-order valence-corrected chi connectivity index (χ3v) is 3.11. The lowest BCUT2D eigenvalue weighted by Crippen LogP contribution is -2.28. The third-order valence-electron chi connectivity index (χ3n) is 3.11. The molecule has 0 aliphatic carbocycles. The van der Waals surface area contributed by atoms with Crippen LogP contribution in [0.15, 0.2) is 36.4 Å². The molecule has 0 aliphatic rings. The molecule has 3 nitrogen and oxygen atoms in total. The molecule has 0 fully saturated rings. The molecule has 2 aromatic rings. The molecule has 0 bridgehead atoms. The van der Waals surface area contributed by atoms with Gasteiger partial charge in [0.25, 0.3) is 0 Å². The summed E-state index contributed by atoms with van der Waals surface area (Å²) in [6.07, 6.45) is 0. The van der Waals surface area contributed by atoms with E-state index in [-0.39, 0.29) is 5.75 Å². The van der Waals surface area contributed by atoms with Gasteiger partial charge in [0.15, 0.2) is 0 Å². The topological polar surface area (TPSA) is 57.5 Å². The monoisotopic (exact) mass is 230 g/mol. The molecule has 0 spiro atoms. The van der Waals surface area contributed by atoms with Crippen LogP contribution in [0.3, 0.4) is 0 Å². The Balaban J connectivity index is 2.80. The number of hydrogen-bond donors (Lipinski definition) is 2. The predicted octanol–water partition coefficient (Wildman–Crippen LogP) is 2.91. The number of phenols is 1. The normalized spacial score (nSPS) is 11.6. The minimum Gasteiger partial charge on any atom is -0.507 e. The van der Waals surface area contributed by atoms with E-state index in [9.17, 15) is 15.0 Å². The average molecular weight is 230 g/mol. The van der Waals surface area contributed by atoms with Crippen LogP contribution < -0.4 is 0 Å². The molecule has 0 aliphatic heterocycles. The number of carboxylic acids is 1. The first-order chi connectivity index (χ1) is 7.94. The minimum absolute atomic E-state index is 0.172. The Morgan fingerprint density at radius 3 is 2.29 bits per heavy atom. The first-order valence-electron chi connectivity index (χ1n) is 5.39. The van der Waals surface area contributed by atoms with Gasteiger partial charge < -0.3 is 10.2 Å². The molecule has 2 rings (SSSR count). The number of aromatic hydroxyl groups is 1. The second-order valence-corrected chi connectivity index (χ2v) is 4.61. The van der Waals surface area contributed by atoms with E-state index in [2.05, 4.69) is 0 Å². The fourth-order valence-corrected chi connectivity index (χ4v) is 1.95. The first-order valence-corrected chi connectivity index (χ1v) is 5.39. The van der Waals surface area contributed by atoms with Crippen LogP contribution in [0.4, 0.5) is 0 Å². The van der Waals surface area contributed by atoms with Gasteiger partial charge in [-0.05, 0) is 30.9 Å². The smallest absolute Gasteiger partial charge is 0.313 e. The summed E-state index contributed by atoms with van der Waals surface area (Å²) in [6, 6.07) is 10.5. The van der Waals surface area contributed by atoms with Crippen molar-refractivity contribution in [3.63, 3.8) is 0 Å². The zero-order valence-corrected chi connectivity index (χ0v) is 9.77. The standard InChI is InChI=1S/C14H14O3/c1-14(2,13(16)17)11-7-3-6-10-9(11)5-4-8-12(10)15/h3-8,15H,1-2H3,(H,16,17). The van der Waals surface area contributed by atoms with Gasteiger partial charge in [-0.25, -0.2) is 0 Å². The summed E-state index contributed by atoms with van der Waals surface area (Å²) in [7, 11) is 0. The number of phenolic OH excluding ortho intramolecular Hbond substituents is 1. The molecule has 0 radical (unpaired) electrons. The number of aliphatic carboxylic acids is 1. The van der Waals surface area contributed by atoms with Gasteiger partial charge in [0.2, 0.25) is 0 Å². The van der Waals surface area contributed by atoms with Crippen molar-refractivity contribution < 1.29 is 15.0 Å². The predicted molar refractivity (Wildman–Crippen MR) is 66.3 cm³/mol. The van der Waals surface area contributed by atoms with Crippen LogP contribution in [0.1, 0.15) is 19.4 Å². The summed E-state index contributed by atoms with van der Waals surface area (Å²) in [5, 5.41) is 20.5. The zero-order chi connectivity index (χ0) is 12.6. The number of hydrogen-bond acceptors (Lipinski definition) is 2. The molecular formula is C14H14O3. The van der Waals surface area contributed by atoms with Crippen molar-refractivity contribution in [2.24, 2.45) is 0 Å². The van der Waals surface area contributed by atoms with Crippen LogP contribution in [-0.4, -0.2) is 16.2 Å². The Labute approximate surface area is 99.3 Å². The van der Waals surface area contributed by atoms with E-state index in [4.69, 9.17) is 0 Å². The fourth-order valence-electron chi connectivity index (χ4n) is 1.95. The Kier molecular flexibility index (Phi) is 2.54. The molecule has 3 heteroatoms.